The molecule has 1 aliphatic rings. The molecule has 0 bridgehead atoms. The van der Waals surface area contributed by atoms with Crippen LogP contribution in [0.5, 0.6) is 0 Å². The lowest BCUT2D eigenvalue weighted by Gasteiger charge is -2.22. The third kappa shape index (κ3) is 4.36. The molecule has 7 heteroatoms. The third-order valence-corrected chi connectivity index (χ3v) is 2.86. The van der Waals surface area contributed by atoms with Crippen LogP contribution in [-0.4, -0.2) is 38.0 Å². The maximum absolute atomic E-state index is 11.7. The van der Waals surface area contributed by atoms with Crippen LogP contribution in [0.1, 0.15) is 19.3 Å². The van der Waals surface area contributed by atoms with Crippen molar-refractivity contribution in [1.82, 2.24) is 10.5 Å². The number of amides is 2. The first-order chi connectivity index (χ1) is 9.65. The lowest BCUT2D eigenvalue weighted by molar-refractivity contribution is -0.185. The Kier molecular flexibility index (Phi) is 5.14. The monoisotopic (exact) mass is 280 g/mol. The average Bonchev–Trinajstić information content (AvgIpc) is 2.46. The van der Waals surface area contributed by atoms with Crippen LogP contribution < -0.4 is 15.7 Å². The highest BCUT2D eigenvalue weighted by atomic mass is 16.8. The van der Waals surface area contributed by atoms with E-state index >= 15 is 0 Å². The number of nitrogens with zero attached hydrogens (tertiary/aromatic N) is 2. The Balaban J connectivity index is 1.80. The van der Waals surface area contributed by atoms with E-state index in [1.807, 2.05) is 31.1 Å². The molecule has 0 radical (unpaired) electrons. The topological polar surface area (TPSA) is 75.7 Å². The van der Waals surface area contributed by atoms with Crippen LogP contribution in [0.2, 0.25) is 0 Å². The highest BCUT2D eigenvalue weighted by Crippen LogP contribution is 2.13. The van der Waals surface area contributed by atoms with Gasteiger partial charge in [-0.05, 0) is 25.0 Å². The molecule has 0 saturated carbocycles. The summed E-state index contributed by atoms with van der Waals surface area (Å²) < 4.78 is 5.34. The highest BCUT2D eigenvalue weighted by Gasteiger charge is 2.15. The summed E-state index contributed by atoms with van der Waals surface area (Å²) in [6, 6.07) is 4.92. The van der Waals surface area contributed by atoms with Crippen molar-refractivity contribution >= 4 is 17.7 Å². The maximum Gasteiger partial charge on any atom is 0.344 e. The quantitative estimate of drug-likeness (QED) is 0.821. The molecule has 2 amide bonds. The predicted molar refractivity (Wildman–Crippen MR) is 75.4 cm³/mol. The molecule has 1 aromatic rings. The maximum atomic E-state index is 11.7. The summed E-state index contributed by atoms with van der Waals surface area (Å²) in [6.07, 6.45) is 2.50. The van der Waals surface area contributed by atoms with Gasteiger partial charge in [-0.15, -0.1) is 0 Å². The van der Waals surface area contributed by atoms with Crippen molar-refractivity contribution in [3.8, 4) is 0 Å². The molecule has 1 fully saturated rings. The van der Waals surface area contributed by atoms with Crippen molar-refractivity contribution in [2.45, 2.75) is 25.6 Å². The van der Waals surface area contributed by atoms with Crippen LogP contribution >= 0.6 is 0 Å². The van der Waals surface area contributed by atoms with E-state index in [9.17, 15) is 4.79 Å². The van der Waals surface area contributed by atoms with E-state index in [0.29, 0.717) is 12.4 Å². The van der Waals surface area contributed by atoms with Gasteiger partial charge in [-0.1, -0.05) is 6.07 Å². The van der Waals surface area contributed by atoms with Crippen LogP contribution in [0.25, 0.3) is 0 Å². The molecule has 0 unspecified atom stereocenters. The first-order valence-corrected chi connectivity index (χ1v) is 6.64. The van der Waals surface area contributed by atoms with Crippen molar-refractivity contribution < 1.29 is 14.4 Å². The lowest BCUT2D eigenvalue weighted by Crippen LogP contribution is -2.35. The van der Waals surface area contributed by atoms with Gasteiger partial charge < -0.3 is 9.64 Å². The zero-order valence-corrected chi connectivity index (χ0v) is 11.8. The lowest BCUT2D eigenvalue weighted by atomic mass is 10.2. The fourth-order valence-corrected chi connectivity index (χ4v) is 1.81. The van der Waals surface area contributed by atoms with Crippen LogP contribution in [0.3, 0.4) is 0 Å². The van der Waals surface area contributed by atoms with Crippen LogP contribution in [0.4, 0.5) is 16.4 Å². The van der Waals surface area contributed by atoms with Gasteiger partial charge >= 0.3 is 6.03 Å². The number of aromatic nitrogens is 1. The molecule has 1 aliphatic heterocycles. The number of nitrogens with one attached hydrogen (secondary N) is 2. The predicted octanol–water partition coefficient (Wildman–Crippen LogP) is 1.73. The van der Waals surface area contributed by atoms with Crippen molar-refractivity contribution in [3.05, 3.63) is 18.2 Å². The van der Waals surface area contributed by atoms with Crippen LogP contribution in [-0.2, 0) is 9.57 Å². The molecule has 1 saturated heterocycles. The second-order valence-corrected chi connectivity index (χ2v) is 4.75. The largest absolute Gasteiger partial charge is 0.363 e. The number of carbonyl (C=O) groups excluding carboxylic acids is 1. The van der Waals surface area contributed by atoms with Gasteiger partial charge in [0.15, 0.2) is 6.29 Å². The molecule has 2 rings (SSSR count). The molecule has 7 nitrogen and oxygen atoms in total. The van der Waals surface area contributed by atoms with Crippen LogP contribution in [0.15, 0.2) is 18.2 Å². The van der Waals surface area contributed by atoms with Crippen molar-refractivity contribution in [3.63, 3.8) is 0 Å². The molecule has 0 spiro atoms. The van der Waals surface area contributed by atoms with E-state index in [2.05, 4.69) is 15.8 Å². The second-order valence-electron chi connectivity index (χ2n) is 4.75. The van der Waals surface area contributed by atoms with Crippen LogP contribution in [0, 0.1) is 0 Å². The van der Waals surface area contributed by atoms with E-state index in [4.69, 9.17) is 9.57 Å². The van der Waals surface area contributed by atoms with E-state index < -0.39 is 6.03 Å². The summed E-state index contributed by atoms with van der Waals surface area (Å²) in [5, 5.41) is 2.61. The van der Waals surface area contributed by atoms with Gasteiger partial charge in [0.1, 0.15) is 11.6 Å². The van der Waals surface area contributed by atoms with E-state index in [1.165, 1.54) is 0 Å². The SMILES string of the molecule is CN(C)c1cccc(NC(=O)NO[C@H]2CCCCO2)n1. The summed E-state index contributed by atoms with van der Waals surface area (Å²) in [6.45, 7) is 0.667. The smallest absolute Gasteiger partial charge is 0.344 e. The Bertz CT molecular complexity index is 447. The Morgan fingerprint density at radius 1 is 1.45 bits per heavy atom. The van der Waals surface area contributed by atoms with Gasteiger partial charge in [0.05, 0.1) is 0 Å². The standard InChI is InChI=1S/C13H20N4O3/c1-17(2)11-7-5-6-10(14-11)15-13(18)16-20-12-8-3-4-9-19-12/h5-7,12H,3-4,8-9H2,1-2H3,(H2,14,15,16,18)/t12-/m0/s1. The number of pyridine rings is 1. The number of carbonyl (C=O) groups is 1. The van der Waals surface area contributed by atoms with E-state index in [1.54, 1.807) is 6.07 Å². The summed E-state index contributed by atoms with van der Waals surface area (Å²) >= 11 is 0. The van der Waals surface area contributed by atoms with Crippen molar-refractivity contribution in [2.75, 3.05) is 30.9 Å². The number of hydroxylamine groups is 1. The molecule has 110 valence electrons. The van der Waals surface area contributed by atoms with Gasteiger partial charge in [0.25, 0.3) is 0 Å². The number of urea groups is 1. The summed E-state index contributed by atoms with van der Waals surface area (Å²) in [5.41, 5.74) is 2.32. The molecular formula is C13H20N4O3. The number of ether oxygens (including phenoxy) is 1. The average molecular weight is 280 g/mol. The van der Waals surface area contributed by atoms with Gasteiger partial charge in [0, 0.05) is 27.1 Å². The van der Waals surface area contributed by atoms with Crippen molar-refractivity contribution in [2.24, 2.45) is 0 Å². The third-order valence-electron chi connectivity index (χ3n) is 2.86. The second kappa shape index (κ2) is 7.06. The normalized spacial score (nSPS) is 18.4. The molecule has 20 heavy (non-hydrogen) atoms. The van der Waals surface area contributed by atoms with E-state index in [-0.39, 0.29) is 6.29 Å². The first-order valence-electron chi connectivity index (χ1n) is 6.64. The minimum atomic E-state index is -0.470. The first kappa shape index (κ1) is 14.5. The fraction of sp³-hybridized carbons (Fsp3) is 0.538. The minimum Gasteiger partial charge on any atom is -0.363 e. The Labute approximate surface area is 118 Å². The van der Waals surface area contributed by atoms with Gasteiger partial charge in [-0.25, -0.2) is 20.1 Å². The van der Waals surface area contributed by atoms with Crippen molar-refractivity contribution in [1.29, 1.82) is 0 Å². The number of hydrogen-bond acceptors (Lipinski definition) is 5. The fourth-order valence-electron chi connectivity index (χ4n) is 1.81. The zero-order chi connectivity index (χ0) is 14.4. The van der Waals surface area contributed by atoms with Gasteiger partial charge in [-0.3, -0.25) is 5.32 Å². The van der Waals surface area contributed by atoms with Gasteiger partial charge in [-0.2, -0.15) is 0 Å². The Morgan fingerprint density at radius 2 is 2.30 bits per heavy atom. The molecular weight excluding hydrogens is 260 g/mol. The molecule has 0 aromatic carbocycles. The van der Waals surface area contributed by atoms with E-state index in [0.717, 1.165) is 25.1 Å². The highest BCUT2D eigenvalue weighted by molar-refractivity contribution is 5.87. The Hall–Kier alpha value is -1.86. The number of hydrogen-bond donors (Lipinski definition) is 2. The zero-order valence-electron chi connectivity index (χ0n) is 11.8. The Morgan fingerprint density at radius 3 is 3.00 bits per heavy atom. The summed E-state index contributed by atoms with van der Waals surface area (Å²) in [4.78, 5) is 23.0. The number of rotatable bonds is 4. The molecule has 2 N–H and O–H groups in total. The molecule has 0 aliphatic carbocycles. The summed E-state index contributed by atoms with van der Waals surface area (Å²) in [7, 11) is 3.77. The van der Waals surface area contributed by atoms with Gasteiger partial charge in [0.2, 0.25) is 0 Å². The number of anilines is 2. The summed E-state index contributed by atoms with van der Waals surface area (Å²) in [5.74, 6) is 1.22. The molecule has 2 heterocycles. The minimum absolute atomic E-state index is 0.365. The molecule has 1 atom stereocenters. The molecule has 1 aromatic heterocycles.